The molecule has 3 aromatic rings. The van der Waals surface area contributed by atoms with E-state index in [9.17, 15) is 4.79 Å². The minimum absolute atomic E-state index is 0.117. The Morgan fingerprint density at radius 2 is 1.68 bits per heavy atom. The summed E-state index contributed by atoms with van der Waals surface area (Å²) in [5.74, 6) is 1.48. The van der Waals surface area contributed by atoms with Crippen molar-refractivity contribution in [3.8, 4) is 17.2 Å². The fourth-order valence-electron chi connectivity index (χ4n) is 2.90. The zero-order valence-corrected chi connectivity index (χ0v) is 17.9. The van der Waals surface area contributed by atoms with Crippen LogP contribution in [-0.4, -0.2) is 32.1 Å². The summed E-state index contributed by atoms with van der Waals surface area (Å²) in [5, 5.41) is 1.11. The molecule has 0 radical (unpaired) electrons. The third kappa shape index (κ3) is 4.22. The number of ketones is 1. The molecule has 6 heteroatoms. The van der Waals surface area contributed by atoms with Crippen LogP contribution in [0.4, 0.5) is 0 Å². The monoisotopic (exact) mass is 489 g/mol. The molecular weight excluding hydrogens is 469 g/mol. The lowest BCUT2D eigenvalue weighted by molar-refractivity contribution is -0.110. The van der Waals surface area contributed by atoms with E-state index < -0.39 is 0 Å². The van der Waals surface area contributed by atoms with Gasteiger partial charge in [0.2, 0.25) is 5.75 Å². The van der Waals surface area contributed by atoms with Crippen molar-refractivity contribution < 1.29 is 19.0 Å². The summed E-state index contributed by atoms with van der Waals surface area (Å²) < 4.78 is 17.1. The van der Waals surface area contributed by atoms with Gasteiger partial charge in [-0.2, -0.15) is 0 Å². The Balaban J connectivity index is 1.81. The Hall–Kier alpha value is -2.74. The molecule has 5 nitrogen and oxygen atoms in total. The molecule has 0 bridgehead atoms. The second-order valence-corrected chi connectivity index (χ2v) is 7.10. The largest absolute Gasteiger partial charge is 0.493 e. The first-order valence-electron chi connectivity index (χ1n) is 8.53. The molecule has 0 aliphatic carbocycles. The molecule has 0 amide bonds. The molecule has 0 atom stereocenters. The van der Waals surface area contributed by atoms with Crippen molar-refractivity contribution in [1.29, 1.82) is 0 Å². The summed E-state index contributed by atoms with van der Waals surface area (Å²) in [7, 11) is 4.67. The number of ether oxygens (including phenoxy) is 3. The van der Waals surface area contributed by atoms with Gasteiger partial charge in [-0.05, 0) is 70.6 Å². The second kappa shape index (κ2) is 8.97. The number of benzene rings is 2. The maximum absolute atomic E-state index is 12.3. The maximum Gasteiger partial charge on any atom is 0.203 e. The number of allylic oxidation sites excluding steroid dienone is 2. The average molecular weight is 489 g/mol. The van der Waals surface area contributed by atoms with E-state index in [1.807, 2.05) is 30.5 Å². The number of halogens is 1. The van der Waals surface area contributed by atoms with E-state index in [4.69, 9.17) is 14.2 Å². The smallest absolute Gasteiger partial charge is 0.203 e. The number of aromatic nitrogens is 1. The lowest BCUT2D eigenvalue weighted by Gasteiger charge is -2.12. The van der Waals surface area contributed by atoms with Gasteiger partial charge in [0.05, 0.1) is 21.3 Å². The first-order chi connectivity index (χ1) is 13.6. The van der Waals surface area contributed by atoms with Crippen LogP contribution in [0, 0.1) is 3.57 Å². The quantitative estimate of drug-likeness (QED) is 0.371. The molecule has 0 aliphatic rings. The van der Waals surface area contributed by atoms with E-state index in [2.05, 4.69) is 27.6 Å². The molecule has 0 fully saturated rings. The van der Waals surface area contributed by atoms with Crippen molar-refractivity contribution >= 4 is 51.4 Å². The fourth-order valence-corrected chi connectivity index (χ4v) is 3.71. The number of rotatable bonds is 7. The van der Waals surface area contributed by atoms with Crippen LogP contribution in [0.2, 0.25) is 0 Å². The highest BCUT2D eigenvalue weighted by atomic mass is 127. The molecule has 1 N–H and O–H groups in total. The van der Waals surface area contributed by atoms with Gasteiger partial charge in [-0.25, -0.2) is 0 Å². The van der Waals surface area contributed by atoms with Gasteiger partial charge in [-0.15, -0.1) is 0 Å². The summed E-state index contributed by atoms with van der Waals surface area (Å²) in [6, 6.07) is 9.63. The zero-order valence-electron chi connectivity index (χ0n) is 15.8. The first-order valence-corrected chi connectivity index (χ1v) is 9.61. The molecule has 0 saturated heterocycles. The van der Waals surface area contributed by atoms with E-state index in [0.717, 1.165) is 25.6 Å². The number of methoxy groups -OCH3 is 3. The van der Waals surface area contributed by atoms with Crippen molar-refractivity contribution in [2.75, 3.05) is 21.3 Å². The Labute approximate surface area is 177 Å². The van der Waals surface area contributed by atoms with E-state index in [1.165, 1.54) is 6.08 Å². The minimum Gasteiger partial charge on any atom is -0.493 e. The Kier molecular flexibility index (Phi) is 6.41. The zero-order chi connectivity index (χ0) is 20.1. The van der Waals surface area contributed by atoms with Gasteiger partial charge in [-0.3, -0.25) is 4.79 Å². The lowest BCUT2D eigenvalue weighted by Crippen LogP contribution is -1.95. The van der Waals surface area contributed by atoms with Crippen molar-refractivity contribution in [1.82, 2.24) is 4.98 Å². The number of H-pyrrole nitrogens is 1. The maximum atomic E-state index is 12.3. The SMILES string of the molecule is COc1cc(/C=C/C(=O)/C=C/c2c[nH]c3cccc(I)c23)cc(OC)c1OC. The Morgan fingerprint density at radius 1 is 1.00 bits per heavy atom. The Morgan fingerprint density at radius 3 is 2.32 bits per heavy atom. The lowest BCUT2D eigenvalue weighted by atomic mass is 10.1. The van der Waals surface area contributed by atoms with Crippen LogP contribution in [0.1, 0.15) is 11.1 Å². The molecule has 1 heterocycles. The third-order valence-electron chi connectivity index (χ3n) is 4.24. The predicted octanol–water partition coefficient (Wildman–Crippen LogP) is 5.09. The van der Waals surface area contributed by atoms with Crippen LogP contribution in [0.5, 0.6) is 17.2 Å². The van der Waals surface area contributed by atoms with E-state index in [1.54, 1.807) is 45.6 Å². The number of aromatic amines is 1. The van der Waals surface area contributed by atoms with Gasteiger partial charge in [0.15, 0.2) is 17.3 Å². The van der Waals surface area contributed by atoms with Gasteiger partial charge in [0, 0.05) is 26.2 Å². The van der Waals surface area contributed by atoms with Crippen LogP contribution in [0.25, 0.3) is 23.1 Å². The number of hydrogen-bond acceptors (Lipinski definition) is 4. The number of carbonyl (C=O) groups is 1. The first kappa shape index (κ1) is 20.0. The number of carbonyl (C=O) groups excluding carboxylic acids is 1. The van der Waals surface area contributed by atoms with Crippen molar-refractivity contribution in [2.45, 2.75) is 0 Å². The normalized spacial score (nSPS) is 11.4. The standard InChI is InChI=1S/C22H20INO4/c1-26-19-11-14(12-20(27-2)22(19)28-3)7-9-16(25)10-8-15-13-24-18-6-4-5-17(23)21(15)18/h4-13,24H,1-3H3/b9-7+,10-8+. The molecule has 0 unspecified atom stereocenters. The van der Waals surface area contributed by atoms with Crippen molar-refractivity contribution in [3.63, 3.8) is 0 Å². The number of fused-ring (bicyclic) bond motifs is 1. The van der Waals surface area contributed by atoms with Crippen LogP contribution in [0.3, 0.4) is 0 Å². The average Bonchev–Trinajstić information content (AvgIpc) is 3.14. The highest BCUT2D eigenvalue weighted by molar-refractivity contribution is 14.1. The van der Waals surface area contributed by atoms with Crippen LogP contribution < -0.4 is 14.2 Å². The molecule has 0 saturated carbocycles. The molecule has 0 spiro atoms. The molecular formula is C22H20INO4. The van der Waals surface area contributed by atoms with Crippen molar-refractivity contribution in [3.05, 3.63) is 63.4 Å². The summed E-state index contributed by atoms with van der Waals surface area (Å²) in [6.07, 6.45) is 8.51. The molecule has 0 aliphatic heterocycles. The highest BCUT2D eigenvalue weighted by Gasteiger charge is 2.12. The van der Waals surface area contributed by atoms with Crippen LogP contribution in [0.15, 0.2) is 48.7 Å². The van der Waals surface area contributed by atoms with Crippen molar-refractivity contribution in [2.24, 2.45) is 0 Å². The molecule has 3 rings (SSSR count). The molecule has 1 aromatic heterocycles. The Bertz CT molecular complexity index is 1040. The molecule has 28 heavy (non-hydrogen) atoms. The fraction of sp³-hybridized carbons (Fsp3) is 0.136. The number of nitrogens with one attached hydrogen (secondary N) is 1. The minimum atomic E-state index is -0.117. The summed E-state index contributed by atoms with van der Waals surface area (Å²) in [4.78, 5) is 15.5. The second-order valence-electron chi connectivity index (χ2n) is 5.93. The van der Waals surface area contributed by atoms with Crippen LogP contribution >= 0.6 is 22.6 Å². The predicted molar refractivity (Wildman–Crippen MR) is 120 cm³/mol. The molecule has 144 valence electrons. The summed E-state index contributed by atoms with van der Waals surface area (Å²) >= 11 is 2.29. The van der Waals surface area contributed by atoms with Crippen LogP contribution in [-0.2, 0) is 4.79 Å². The van der Waals surface area contributed by atoms with Gasteiger partial charge >= 0.3 is 0 Å². The van der Waals surface area contributed by atoms with E-state index in [-0.39, 0.29) is 5.78 Å². The molecule has 2 aromatic carbocycles. The van der Waals surface area contributed by atoms with Gasteiger partial charge < -0.3 is 19.2 Å². The summed E-state index contributed by atoms with van der Waals surface area (Å²) in [6.45, 7) is 0. The number of hydrogen-bond donors (Lipinski definition) is 1. The highest BCUT2D eigenvalue weighted by Crippen LogP contribution is 2.38. The van der Waals surface area contributed by atoms with E-state index >= 15 is 0 Å². The van der Waals surface area contributed by atoms with E-state index in [0.29, 0.717) is 17.2 Å². The topological polar surface area (TPSA) is 60.6 Å². The summed E-state index contributed by atoms with van der Waals surface area (Å²) in [5.41, 5.74) is 2.80. The van der Waals surface area contributed by atoms with Gasteiger partial charge in [-0.1, -0.05) is 12.1 Å². The van der Waals surface area contributed by atoms with Gasteiger partial charge in [0.1, 0.15) is 0 Å². The third-order valence-corrected chi connectivity index (χ3v) is 5.14. The van der Waals surface area contributed by atoms with Gasteiger partial charge in [0.25, 0.3) is 0 Å².